The quantitative estimate of drug-likeness (QED) is 0.816. The molecule has 0 bridgehead atoms. The summed E-state index contributed by atoms with van der Waals surface area (Å²) in [4.78, 5) is 28.6. The van der Waals surface area contributed by atoms with Crippen LogP contribution in [0, 0.1) is 12.8 Å². The van der Waals surface area contributed by atoms with Gasteiger partial charge in [0.25, 0.3) is 11.8 Å². The molecule has 0 aliphatic carbocycles. The van der Waals surface area contributed by atoms with Crippen LogP contribution in [0.5, 0.6) is 0 Å². The second-order valence-corrected chi connectivity index (χ2v) is 6.72. The largest absolute Gasteiger partial charge is 0.351 e. The van der Waals surface area contributed by atoms with E-state index in [0.717, 1.165) is 12.0 Å². The van der Waals surface area contributed by atoms with Crippen LogP contribution in [-0.4, -0.2) is 23.3 Å². The van der Waals surface area contributed by atoms with Crippen LogP contribution in [0.3, 0.4) is 0 Å². The fourth-order valence-corrected chi connectivity index (χ4v) is 2.45. The molecule has 0 radical (unpaired) electrons. The Morgan fingerprint density at radius 2 is 1.92 bits per heavy atom. The second-order valence-electron chi connectivity index (χ2n) is 6.28. The molecular formula is C19H22ClN3O2. The first-order valence-corrected chi connectivity index (χ1v) is 8.56. The van der Waals surface area contributed by atoms with Crippen LogP contribution in [0.2, 0.25) is 5.02 Å². The summed E-state index contributed by atoms with van der Waals surface area (Å²) in [5, 5.41) is 6.25. The average molecular weight is 360 g/mol. The first kappa shape index (κ1) is 18.9. The van der Waals surface area contributed by atoms with Gasteiger partial charge in [0, 0.05) is 29.0 Å². The van der Waals surface area contributed by atoms with E-state index in [1.54, 1.807) is 24.3 Å². The van der Waals surface area contributed by atoms with Crippen molar-refractivity contribution in [2.45, 2.75) is 27.2 Å². The Balaban J connectivity index is 2.06. The summed E-state index contributed by atoms with van der Waals surface area (Å²) in [7, 11) is 0. The predicted octanol–water partition coefficient (Wildman–Crippen LogP) is 4.07. The number of hydrogen-bond donors (Lipinski definition) is 2. The van der Waals surface area contributed by atoms with E-state index in [-0.39, 0.29) is 17.5 Å². The standard InChI is InChI=1S/C19H22ClN3O2/c1-12(2)6-8-22-19(25)17-11-14(7-9-21-17)18(24)23-16-5-4-15(20)10-13(16)3/h4-5,7,9-12H,6,8H2,1-3H3,(H,22,25)(H,23,24). The van der Waals surface area contributed by atoms with Crippen molar-refractivity contribution in [2.75, 3.05) is 11.9 Å². The van der Waals surface area contributed by atoms with Crippen molar-refractivity contribution in [3.8, 4) is 0 Å². The Morgan fingerprint density at radius 3 is 2.60 bits per heavy atom. The molecule has 0 saturated heterocycles. The van der Waals surface area contributed by atoms with E-state index in [1.165, 1.54) is 12.3 Å². The fourth-order valence-electron chi connectivity index (χ4n) is 2.22. The highest BCUT2D eigenvalue weighted by atomic mass is 35.5. The number of nitrogens with one attached hydrogen (secondary N) is 2. The molecule has 2 aromatic rings. The smallest absolute Gasteiger partial charge is 0.269 e. The lowest BCUT2D eigenvalue weighted by Crippen LogP contribution is -2.26. The van der Waals surface area contributed by atoms with E-state index < -0.39 is 0 Å². The lowest BCUT2D eigenvalue weighted by atomic mass is 10.1. The third kappa shape index (κ3) is 5.57. The van der Waals surface area contributed by atoms with Gasteiger partial charge in [-0.25, -0.2) is 0 Å². The summed E-state index contributed by atoms with van der Waals surface area (Å²) in [5.41, 5.74) is 2.14. The molecule has 2 amide bonds. The molecule has 0 unspecified atom stereocenters. The third-order valence-corrected chi connectivity index (χ3v) is 3.93. The van der Waals surface area contributed by atoms with E-state index in [1.807, 2.05) is 6.92 Å². The first-order valence-electron chi connectivity index (χ1n) is 8.18. The van der Waals surface area contributed by atoms with Gasteiger partial charge in [-0.3, -0.25) is 14.6 Å². The van der Waals surface area contributed by atoms with E-state index >= 15 is 0 Å². The maximum atomic E-state index is 12.4. The van der Waals surface area contributed by atoms with Crippen LogP contribution >= 0.6 is 11.6 Å². The lowest BCUT2D eigenvalue weighted by molar-refractivity contribution is 0.0947. The number of aromatic nitrogens is 1. The van der Waals surface area contributed by atoms with Gasteiger partial charge in [0.05, 0.1) is 0 Å². The Kier molecular flexibility index (Phi) is 6.53. The number of rotatable bonds is 6. The number of halogens is 1. The predicted molar refractivity (Wildman–Crippen MR) is 100 cm³/mol. The molecule has 0 fully saturated rings. The van der Waals surface area contributed by atoms with E-state index in [2.05, 4.69) is 29.5 Å². The molecule has 5 nitrogen and oxygen atoms in total. The van der Waals surface area contributed by atoms with Crippen molar-refractivity contribution in [1.82, 2.24) is 10.3 Å². The topological polar surface area (TPSA) is 71.1 Å². The molecule has 2 rings (SSSR count). The summed E-state index contributed by atoms with van der Waals surface area (Å²) >= 11 is 5.92. The zero-order chi connectivity index (χ0) is 18.4. The molecule has 2 N–H and O–H groups in total. The molecule has 0 spiro atoms. The van der Waals surface area contributed by atoms with Gasteiger partial charge in [-0.2, -0.15) is 0 Å². The molecule has 1 aromatic carbocycles. The van der Waals surface area contributed by atoms with Crippen molar-refractivity contribution in [3.63, 3.8) is 0 Å². The molecule has 1 aromatic heterocycles. The SMILES string of the molecule is Cc1cc(Cl)ccc1NC(=O)c1ccnc(C(=O)NCCC(C)C)c1. The zero-order valence-corrected chi connectivity index (χ0v) is 15.4. The van der Waals surface area contributed by atoms with Crippen molar-refractivity contribution in [1.29, 1.82) is 0 Å². The minimum Gasteiger partial charge on any atom is -0.351 e. The van der Waals surface area contributed by atoms with Gasteiger partial charge in [0.15, 0.2) is 0 Å². The number of amides is 2. The van der Waals surface area contributed by atoms with Crippen LogP contribution in [0.4, 0.5) is 5.69 Å². The van der Waals surface area contributed by atoms with Crippen LogP contribution in [0.1, 0.15) is 46.7 Å². The number of nitrogens with zero attached hydrogens (tertiary/aromatic N) is 1. The van der Waals surface area contributed by atoms with Gasteiger partial charge < -0.3 is 10.6 Å². The maximum absolute atomic E-state index is 12.4. The van der Waals surface area contributed by atoms with Crippen molar-refractivity contribution >= 4 is 29.1 Å². The van der Waals surface area contributed by atoms with Crippen LogP contribution in [0.25, 0.3) is 0 Å². The normalized spacial score (nSPS) is 10.6. The fraction of sp³-hybridized carbons (Fsp3) is 0.316. The van der Waals surface area contributed by atoms with E-state index in [4.69, 9.17) is 11.6 Å². The molecule has 1 heterocycles. The van der Waals surface area contributed by atoms with Crippen molar-refractivity contribution < 1.29 is 9.59 Å². The average Bonchev–Trinajstić information content (AvgIpc) is 2.57. The molecular weight excluding hydrogens is 338 g/mol. The van der Waals surface area contributed by atoms with Crippen LogP contribution in [0.15, 0.2) is 36.5 Å². The Morgan fingerprint density at radius 1 is 1.16 bits per heavy atom. The van der Waals surface area contributed by atoms with Gasteiger partial charge in [-0.05, 0) is 55.2 Å². The molecule has 0 saturated carbocycles. The van der Waals surface area contributed by atoms with E-state index in [0.29, 0.717) is 28.7 Å². The highest BCUT2D eigenvalue weighted by molar-refractivity contribution is 6.30. The highest BCUT2D eigenvalue weighted by Gasteiger charge is 2.13. The number of carbonyl (C=O) groups is 2. The van der Waals surface area contributed by atoms with Crippen LogP contribution < -0.4 is 10.6 Å². The summed E-state index contributed by atoms with van der Waals surface area (Å²) < 4.78 is 0. The van der Waals surface area contributed by atoms with Gasteiger partial charge in [0.1, 0.15) is 5.69 Å². The minimum atomic E-state index is -0.302. The molecule has 0 atom stereocenters. The maximum Gasteiger partial charge on any atom is 0.269 e. The lowest BCUT2D eigenvalue weighted by Gasteiger charge is -2.10. The number of benzene rings is 1. The number of aryl methyl sites for hydroxylation is 1. The molecule has 0 aliphatic heterocycles. The second kappa shape index (κ2) is 8.62. The molecule has 0 aliphatic rings. The summed E-state index contributed by atoms with van der Waals surface area (Å²) in [6.45, 7) is 6.63. The number of hydrogen-bond acceptors (Lipinski definition) is 3. The molecule has 6 heteroatoms. The van der Waals surface area contributed by atoms with Gasteiger partial charge in [-0.1, -0.05) is 25.4 Å². The van der Waals surface area contributed by atoms with Gasteiger partial charge in [-0.15, -0.1) is 0 Å². The van der Waals surface area contributed by atoms with Gasteiger partial charge in [0.2, 0.25) is 0 Å². The molecule has 25 heavy (non-hydrogen) atoms. The number of anilines is 1. The first-order chi connectivity index (χ1) is 11.9. The monoisotopic (exact) mass is 359 g/mol. The number of pyridine rings is 1. The Bertz CT molecular complexity index is 775. The van der Waals surface area contributed by atoms with E-state index in [9.17, 15) is 9.59 Å². The highest BCUT2D eigenvalue weighted by Crippen LogP contribution is 2.20. The number of carbonyl (C=O) groups excluding carboxylic acids is 2. The van der Waals surface area contributed by atoms with Crippen molar-refractivity contribution in [2.24, 2.45) is 5.92 Å². The summed E-state index contributed by atoms with van der Waals surface area (Å²) in [6.07, 6.45) is 2.35. The zero-order valence-electron chi connectivity index (χ0n) is 14.6. The summed E-state index contributed by atoms with van der Waals surface area (Å²) in [6, 6.07) is 8.30. The Hall–Kier alpha value is -2.40. The van der Waals surface area contributed by atoms with Crippen molar-refractivity contribution in [3.05, 3.63) is 58.4 Å². The summed E-state index contributed by atoms with van der Waals surface area (Å²) in [5.74, 6) is -0.0741. The Labute approximate surface area is 152 Å². The van der Waals surface area contributed by atoms with Gasteiger partial charge >= 0.3 is 0 Å². The third-order valence-electron chi connectivity index (χ3n) is 3.70. The molecule has 132 valence electrons. The minimum absolute atomic E-state index is 0.226. The van der Waals surface area contributed by atoms with Crippen LogP contribution in [-0.2, 0) is 0 Å².